The molecule has 1 saturated heterocycles. The Morgan fingerprint density at radius 2 is 1.81 bits per heavy atom. The van der Waals surface area contributed by atoms with E-state index in [4.69, 9.17) is 21.1 Å². The van der Waals surface area contributed by atoms with Crippen molar-refractivity contribution in [3.8, 4) is 11.5 Å². The Morgan fingerprint density at radius 1 is 1.09 bits per heavy atom. The number of halogens is 1. The summed E-state index contributed by atoms with van der Waals surface area (Å²) in [5.41, 5.74) is 1.30. The zero-order chi connectivity index (χ0) is 23.5. The predicted octanol–water partition coefficient (Wildman–Crippen LogP) is 4.73. The van der Waals surface area contributed by atoms with Gasteiger partial charge >= 0.3 is 0 Å². The molecule has 2 aromatic rings. The van der Waals surface area contributed by atoms with Crippen LogP contribution in [0.5, 0.6) is 11.5 Å². The lowest BCUT2D eigenvalue weighted by molar-refractivity contribution is 0.0759. The number of carbonyl (C=O) groups is 1. The monoisotopic (exact) mass is 480 g/mol. The fourth-order valence-corrected chi connectivity index (χ4v) is 5.11. The molecule has 0 aromatic heterocycles. The van der Waals surface area contributed by atoms with E-state index in [9.17, 15) is 13.2 Å². The minimum atomic E-state index is -4.00. The minimum absolute atomic E-state index is 0.0105. The first-order valence-corrected chi connectivity index (χ1v) is 12.4. The molecule has 1 heterocycles. The molecular weight excluding hydrogens is 452 g/mol. The predicted molar refractivity (Wildman–Crippen MR) is 125 cm³/mol. The zero-order valence-corrected chi connectivity index (χ0v) is 20.3. The average molecular weight is 481 g/mol. The maximum Gasteiger partial charge on any atom is 0.262 e. The van der Waals surface area contributed by atoms with Gasteiger partial charge in [-0.2, -0.15) is 0 Å². The molecular formula is C23H29ClN2O5S. The normalized spacial score (nSPS) is 16.9. The van der Waals surface area contributed by atoms with E-state index in [1.165, 1.54) is 38.5 Å². The number of hydrogen-bond donors (Lipinski definition) is 1. The molecule has 0 radical (unpaired) electrons. The lowest BCUT2D eigenvalue weighted by Crippen LogP contribution is -2.32. The van der Waals surface area contributed by atoms with Crippen molar-refractivity contribution in [2.45, 2.75) is 38.0 Å². The van der Waals surface area contributed by atoms with Gasteiger partial charge < -0.3 is 14.4 Å². The molecule has 1 aliphatic heterocycles. The highest BCUT2D eigenvalue weighted by atomic mass is 35.5. The number of nitrogens with one attached hydrogen (secondary N) is 1. The first-order valence-electron chi connectivity index (χ1n) is 10.5. The molecule has 9 heteroatoms. The quantitative estimate of drug-likeness (QED) is 0.646. The summed E-state index contributed by atoms with van der Waals surface area (Å²) >= 11 is 6.16. The summed E-state index contributed by atoms with van der Waals surface area (Å²) in [6.45, 7) is 5.36. The maximum atomic E-state index is 13.2. The summed E-state index contributed by atoms with van der Waals surface area (Å²) < 4.78 is 39.2. The van der Waals surface area contributed by atoms with Gasteiger partial charge in [-0.3, -0.25) is 9.52 Å². The molecule has 0 aliphatic carbocycles. The number of sulfonamides is 1. The Balaban J connectivity index is 1.91. The summed E-state index contributed by atoms with van der Waals surface area (Å²) in [5.74, 6) is 1.06. The molecule has 1 atom stereocenters. The summed E-state index contributed by atoms with van der Waals surface area (Å²) in [6.07, 6.45) is 2.99. The smallest absolute Gasteiger partial charge is 0.262 e. The van der Waals surface area contributed by atoms with E-state index in [2.05, 4.69) is 11.6 Å². The molecule has 1 amide bonds. The second-order valence-corrected chi connectivity index (χ2v) is 10.2. The largest absolute Gasteiger partial charge is 0.495 e. The van der Waals surface area contributed by atoms with Crippen molar-refractivity contribution >= 4 is 33.2 Å². The SMILES string of the molecule is COc1cc(OC)c(NS(=O)(=O)c2ccc(C)c(C(=O)N3CCCC(C)CC3)c2)cc1Cl. The van der Waals surface area contributed by atoms with Gasteiger partial charge in [0.05, 0.1) is 29.8 Å². The average Bonchev–Trinajstić information content (AvgIpc) is 2.98. The summed E-state index contributed by atoms with van der Waals surface area (Å²) in [5, 5.41) is 0.237. The van der Waals surface area contributed by atoms with Crippen LogP contribution in [0.1, 0.15) is 42.1 Å². The molecule has 1 N–H and O–H groups in total. The third-order valence-electron chi connectivity index (χ3n) is 5.77. The molecule has 1 unspecified atom stereocenters. The maximum absolute atomic E-state index is 13.2. The van der Waals surface area contributed by atoms with E-state index < -0.39 is 10.0 Å². The van der Waals surface area contributed by atoms with Crippen LogP contribution in [-0.2, 0) is 10.0 Å². The van der Waals surface area contributed by atoms with Gasteiger partial charge in [-0.25, -0.2) is 8.42 Å². The van der Waals surface area contributed by atoms with Crippen molar-refractivity contribution in [2.24, 2.45) is 5.92 Å². The summed E-state index contributed by atoms with van der Waals surface area (Å²) in [7, 11) is -1.12. The number of aryl methyl sites for hydroxylation is 1. The lowest BCUT2D eigenvalue weighted by Gasteiger charge is -2.22. The zero-order valence-electron chi connectivity index (χ0n) is 18.8. The van der Waals surface area contributed by atoms with Gasteiger partial charge in [0.1, 0.15) is 11.5 Å². The van der Waals surface area contributed by atoms with Crippen LogP contribution >= 0.6 is 11.6 Å². The third kappa shape index (κ3) is 5.30. The number of likely N-dealkylation sites (tertiary alicyclic amines) is 1. The summed E-state index contributed by atoms with van der Waals surface area (Å²) in [4.78, 5) is 15.0. The van der Waals surface area contributed by atoms with E-state index in [0.717, 1.165) is 24.8 Å². The number of rotatable bonds is 6. The fourth-order valence-electron chi connectivity index (χ4n) is 3.78. The van der Waals surface area contributed by atoms with Crippen LogP contribution in [0.25, 0.3) is 0 Å². The molecule has 0 saturated carbocycles. The van der Waals surface area contributed by atoms with Crippen LogP contribution in [0, 0.1) is 12.8 Å². The van der Waals surface area contributed by atoms with Crippen LogP contribution < -0.4 is 14.2 Å². The Bertz CT molecular complexity index is 1100. The van der Waals surface area contributed by atoms with Crippen LogP contribution in [-0.4, -0.2) is 46.5 Å². The standard InChI is InChI=1S/C23H29ClN2O5S/c1-15-6-5-10-26(11-9-15)23(27)18-12-17(8-7-16(18)2)32(28,29)25-20-13-19(24)21(30-3)14-22(20)31-4/h7-8,12-15,25H,5-6,9-11H2,1-4H3. The minimum Gasteiger partial charge on any atom is -0.495 e. The fraction of sp³-hybridized carbons (Fsp3) is 0.435. The van der Waals surface area contributed by atoms with Crippen LogP contribution in [0.4, 0.5) is 5.69 Å². The number of anilines is 1. The second kappa shape index (κ2) is 10.0. The number of ether oxygens (including phenoxy) is 2. The number of hydrogen-bond acceptors (Lipinski definition) is 5. The molecule has 0 bridgehead atoms. The Hall–Kier alpha value is -2.45. The Labute approximate surface area is 194 Å². The first-order chi connectivity index (χ1) is 15.2. The number of nitrogens with zero attached hydrogens (tertiary/aromatic N) is 1. The molecule has 3 rings (SSSR count). The van der Waals surface area contributed by atoms with Gasteiger partial charge in [0.25, 0.3) is 15.9 Å². The second-order valence-electron chi connectivity index (χ2n) is 8.10. The van der Waals surface area contributed by atoms with Crippen molar-refractivity contribution in [3.63, 3.8) is 0 Å². The molecule has 7 nitrogen and oxygen atoms in total. The van der Waals surface area contributed by atoms with E-state index in [-0.39, 0.29) is 27.3 Å². The highest BCUT2D eigenvalue weighted by molar-refractivity contribution is 7.92. The summed E-state index contributed by atoms with van der Waals surface area (Å²) in [6, 6.07) is 7.50. The van der Waals surface area contributed by atoms with Gasteiger partial charge in [-0.15, -0.1) is 0 Å². The molecule has 1 fully saturated rings. The molecule has 32 heavy (non-hydrogen) atoms. The molecule has 2 aromatic carbocycles. The number of benzene rings is 2. The van der Waals surface area contributed by atoms with Gasteiger partial charge in [-0.1, -0.05) is 24.6 Å². The van der Waals surface area contributed by atoms with Crippen LogP contribution in [0.3, 0.4) is 0 Å². The van der Waals surface area contributed by atoms with E-state index in [1.807, 2.05) is 11.8 Å². The Kier molecular flexibility index (Phi) is 7.56. The van der Waals surface area contributed by atoms with E-state index >= 15 is 0 Å². The number of amides is 1. The van der Waals surface area contributed by atoms with Gasteiger partial charge in [-0.05, 0) is 55.9 Å². The highest BCUT2D eigenvalue weighted by Gasteiger charge is 2.24. The van der Waals surface area contributed by atoms with Crippen molar-refractivity contribution in [1.29, 1.82) is 0 Å². The van der Waals surface area contributed by atoms with E-state index in [1.54, 1.807) is 6.07 Å². The molecule has 174 valence electrons. The van der Waals surface area contributed by atoms with Crippen molar-refractivity contribution < 1.29 is 22.7 Å². The first kappa shape index (κ1) is 24.2. The molecule has 1 aliphatic rings. The number of carbonyl (C=O) groups excluding carboxylic acids is 1. The van der Waals surface area contributed by atoms with Gasteiger partial charge in [0, 0.05) is 24.7 Å². The third-order valence-corrected chi connectivity index (χ3v) is 7.43. The lowest BCUT2D eigenvalue weighted by atomic mass is 10.0. The van der Waals surface area contributed by atoms with Crippen molar-refractivity contribution in [1.82, 2.24) is 4.90 Å². The van der Waals surface area contributed by atoms with Gasteiger partial charge in [0.15, 0.2) is 0 Å². The molecule has 0 spiro atoms. The van der Waals surface area contributed by atoms with Crippen LogP contribution in [0.15, 0.2) is 35.2 Å². The van der Waals surface area contributed by atoms with Crippen molar-refractivity contribution in [3.05, 3.63) is 46.5 Å². The van der Waals surface area contributed by atoms with Gasteiger partial charge in [0.2, 0.25) is 0 Å². The van der Waals surface area contributed by atoms with Crippen molar-refractivity contribution in [2.75, 3.05) is 32.0 Å². The van der Waals surface area contributed by atoms with E-state index in [0.29, 0.717) is 30.3 Å². The highest BCUT2D eigenvalue weighted by Crippen LogP contribution is 2.37. The Morgan fingerprint density at radius 3 is 2.50 bits per heavy atom. The number of methoxy groups -OCH3 is 2. The van der Waals surface area contributed by atoms with Crippen LogP contribution in [0.2, 0.25) is 5.02 Å². The topological polar surface area (TPSA) is 84.9 Å².